The molecule has 31 heavy (non-hydrogen) atoms. The number of imide groups is 2. The van der Waals surface area contributed by atoms with E-state index in [2.05, 4.69) is 5.32 Å². The molecule has 2 aromatic rings. The molecule has 0 saturated carbocycles. The van der Waals surface area contributed by atoms with Gasteiger partial charge in [0.1, 0.15) is 12.4 Å². The number of thioether (sulfide) groups is 2. The van der Waals surface area contributed by atoms with Crippen LogP contribution in [0.4, 0.5) is 9.59 Å². The number of rotatable bonds is 7. The summed E-state index contributed by atoms with van der Waals surface area (Å²) in [6, 6.07) is 16.6. The van der Waals surface area contributed by atoms with E-state index in [0.717, 1.165) is 34.7 Å². The molecule has 0 bridgehead atoms. The maximum atomic E-state index is 12.6. The predicted molar refractivity (Wildman–Crippen MR) is 120 cm³/mol. The standard InChI is InChI=1S/C22H18N2O5S2/c25-19-17(30-21(27)23-19)12-15-6-8-16(9-7-15)29-11-10-24-20(26)18(31-22(24)28)13-14-4-2-1-3-5-14/h1-9,12,18H,10-11,13H2,(H,23,25,27). The van der Waals surface area contributed by atoms with Crippen LogP contribution in [0.3, 0.4) is 0 Å². The van der Waals surface area contributed by atoms with Crippen molar-refractivity contribution in [2.24, 2.45) is 0 Å². The summed E-state index contributed by atoms with van der Waals surface area (Å²) in [5.74, 6) is -0.0145. The van der Waals surface area contributed by atoms with Crippen molar-refractivity contribution in [3.8, 4) is 5.75 Å². The molecule has 0 aromatic heterocycles. The highest BCUT2D eigenvalue weighted by atomic mass is 32.2. The predicted octanol–water partition coefficient (Wildman–Crippen LogP) is 3.70. The van der Waals surface area contributed by atoms with Gasteiger partial charge in [0.25, 0.3) is 16.4 Å². The second kappa shape index (κ2) is 9.40. The molecule has 2 aromatic carbocycles. The normalized spacial score (nSPS) is 19.9. The molecule has 1 unspecified atom stereocenters. The zero-order chi connectivity index (χ0) is 21.8. The Hall–Kier alpha value is -3.04. The Morgan fingerprint density at radius 2 is 1.74 bits per heavy atom. The van der Waals surface area contributed by atoms with E-state index in [-0.39, 0.29) is 29.5 Å². The number of ether oxygens (including phenoxy) is 1. The van der Waals surface area contributed by atoms with Gasteiger partial charge < -0.3 is 4.74 Å². The molecule has 2 fully saturated rings. The van der Waals surface area contributed by atoms with E-state index >= 15 is 0 Å². The molecule has 2 aliphatic rings. The number of benzene rings is 2. The van der Waals surface area contributed by atoms with Gasteiger partial charge in [-0.15, -0.1) is 0 Å². The Labute approximate surface area is 187 Å². The lowest BCUT2D eigenvalue weighted by atomic mass is 10.1. The van der Waals surface area contributed by atoms with E-state index in [9.17, 15) is 19.2 Å². The third-order valence-electron chi connectivity index (χ3n) is 4.67. The van der Waals surface area contributed by atoms with Gasteiger partial charge in [0.05, 0.1) is 16.7 Å². The molecule has 4 amide bonds. The Kier molecular flexibility index (Phi) is 6.43. The average Bonchev–Trinajstić information content (AvgIpc) is 3.21. The summed E-state index contributed by atoms with van der Waals surface area (Å²) in [6.45, 7) is 0.365. The molecule has 2 heterocycles. The highest BCUT2D eigenvalue weighted by Gasteiger charge is 2.39. The van der Waals surface area contributed by atoms with Crippen LogP contribution in [0, 0.1) is 0 Å². The molecule has 2 aliphatic heterocycles. The first-order valence-corrected chi connectivity index (χ1v) is 11.2. The molecule has 0 spiro atoms. The van der Waals surface area contributed by atoms with Crippen molar-refractivity contribution in [3.05, 3.63) is 70.6 Å². The fourth-order valence-corrected chi connectivity index (χ4v) is 4.88. The van der Waals surface area contributed by atoms with Gasteiger partial charge >= 0.3 is 0 Å². The highest BCUT2D eigenvalue weighted by Crippen LogP contribution is 2.29. The van der Waals surface area contributed by atoms with Gasteiger partial charge in [0.2, 0.25) is 5.91 Å². The van der Waals surface area contributed by atoms with Crippen LogP contribution in [0.1, 0.15) is 11.1 Å². The van der Waals surface area contributed by atoms with E-state index < -0.39 is 11.2 Å². The topological polar surface area (TPSA) is 92.8 Å². The van der Waals surface area contributed by atoms with Crippen molar-refractivity contribution in [2.75, 3.05) is 13.2 Å². The molecular formula is C22H18N2O5S2. The monoisotopic (exact) mass is 454 g/mol. The molecular weight excluding hydrogens is 436 g/mol. The van der Waals surface area contributed by atoms with Crippen LogP contribution in [0.15, 0.2) is 59.5 Å². The largest absolute Gasteiger partial charge is 0.492 e. The third kappa shape index (κ3) is 5.18. The number of nitrogens with one attached hydrogen (secondary N) is 1. The van der Waals surface area contributed by atoms with Crippen LogP contribution in [0.25, 0.3) is 6.08 Å². The molecule has 9 heteroatoms. The molecule has 4 rings (SSSR count). The molecule has 0 aliphatic carbocycles. The van der Waals surface area contributed by atoms with E-state index in [1.807, 2.05) is 30.3 Å². The minimum atomic E-state index is -0.404. The summed E-state index contributed by atoms with van der Waals surface area (Å²) in [5, 5.41) is 1.17. The van der Waals surface area contributed by atoms with Gasteiger partial charge in [0.15, 0.2) is 0 Å². The number of nitrogens with zero attached hydrogens (tertiary/aromatic N) is 1. The summed E-state index contributed by atoms with van der Waals surface area (Å²) in [7, 11) is 0. The Bertz CT molecular complexity index is 1050. The first kappa shape index (κ1) is 21.2. The van der Waals surface area contributed by atoms with Crippen LogP contribution < -0.4 is 10.1 Å². The lowest BCUT2D eigenvalue weighted by Crippen LogP contribution is -2.35. The Morgan fingerprint density at radius 3 is 2.42 bits per heavy atom. The van der Waals surface area contributed by atoms with E-state index in [4.69, 9.17) is 4.74 Å². The van der Waals surface area contributed by atoms with Gasteiger partial charge in [-0.05, 0) is 47.5 Å². The van der Waals surface area contributed by atoms with Gasteiger partial charge in [-0.2, -0.15) is 0 Å². The van der Waals surface area contributed by atoms with E-state index in [1.165, 1.54) is 4.90 Å². The number of hydrogen-bond donors (Lipinski definition) is 1. The van der Waals surface area contributed by atoms with Crippen LogP contribution >= 0.6 is 23.5 Å². The van der Waals surface area contributed by atoms with Crippen LogP contribution in [0.5, 0.6) is 5.75 Å². The Morgan fingerprint density at radius 1 is 1.00 bits per heavy atom. The molecule has 7 nitrogen and oxygen atoms in total. The summed E-state index contributed by atoms with van der Waals surface area (Å²) >= 11 is 1.92. The number of carbonyl (C=O) groups excluding carboxylic acids is 4. The van der Waals surface area contributed by atoms with Gasteiger partial charge in [0, 0.05) is 0 Å². The van der Waals surface area contributed by atoms with E-state index in [1.54, 1.807) is 30.3 Å². The van der Waals surface area contributed by atoms with Crippen LogP contribution in [0.2, 0.25) is 0 Å². The second-order valence-corrected chi connectivity index (χ2v) is 8.99. The third-order valence-corrected chi connectivity index (χ3v) is 6.56. The van der Waals surface area contributed by atoms with Gasteiger partial charge in [-0.25, -0.2) is 0 Å². The Balaban J connectivity index is 1.28. The summed E-state index contributed by atoms with van der Waals surface area (Å²) < 4.78 is 5.67. The van der Waals surface area contributed by atoms with Crippen molar-refractivity contribution >= 4 is 51.9 Å². The average molecular weight is 455 g/mol. The number of amides is 4. The fourth-order valence-electron chi connectivity index (χ4n) is 3.15. The maximum absolute atomic E-state index is 12.6. The van der Waals surface area contributed by atoms with Crippen molar-refractivity contribution in [2.45, 2.75) is 11.7 Å². The van der Waals surface area contributed by atoms with Crippen LogP contribution in [-0.4, -0.2) is 45.6 Å². The number of carbonyl (C=O) groups is 4. The second-order valence-electron chi connectivity index (χ2n) is 6.82. The molecule has 1 N–H and O–H groups in total. The minimum absolute atomic E-state index is 0.181. The molecule has 1 atom stereocenters. The quantitative estimate of drug-likeness (QED) is 0.638. The maximum Gasteiger partial charge on any atom is 0.290 e. The summed E-state index contributed by atoms with van der Waals surface area (Å²) in [6.07, 6.45) is 2.15. The summed E-state index contributed by atoms with van der Waals surface area (Å²) in [5.41, 5.74) is 1.77. The molecule has 158 valence electrons. The molecule has 2 saturated heterocycles. The lowest BCUT2D eigenvalue weighted by molar-refractivity contribution is -0.127. The van der Waals surface area contributed by atoms with Crippen molar-refractivity contribution < 1.29 is 23.9 Å². The zero-order valence-electron chi connectivity index (χ0n) is 16.3. The zero-order valence-corrected chi connectivity index (χ0v) is 17.9. The number of hydrogen-bond acceptors (Lipinski definition) is 7. The first-order chi connectivity index (χ1) is 15.0. The smallest absolute Gasteiger partial charge is 0.290 e. The fraction of sp³-hybridized carbons (Fsp3) is 0.182. The van der Waals surface area contributed by atoms with Crippen molar-refractivity contribution in [1.29, 1.82) is 0 Å². The lowest BCUT2D eigenvalue weighted by Gasteiger charge is -2.14. The first-order valence-electron chi connectivity index (χ1n) is 9.53. The van der Waals surface area contributed by atoms with Crippen LogP contribution in [-0.2, 0) is 16.0 Å². The SMILES string of the molecule is O=C1NC(=O)C(=Cc2ccc(OCCN3C(=O)SC(Cc4ccccc4)C3=O)cc2)S1. The molecule has 0 radical (unpaired) electrons. The highest BCUT2D eigenvalue weighted by molar-refractivity contribution is 8.18. The van der Waals surface area contributed by atoms with Crippen molar-refractivity contribution in [3.63, 3.8) is 0 Å². The minimum Gasteiger partial charge on any atom is -0.492 e. The summed E-state index contributed by atoms with van der Waals surface area (Å²) in [4.78, 5) is 49.2. The van der Waals surface area contributed by atoms with Gasteiger partial charge in [-0.1, -0.05) is 54.2 Å². The van der Waals surface area contributed by atoms with Gasteiger partial charge in [-0.3, -0.25) is 29.4 Å². The van der Waals surface area contributed by atoms with E-state index in [0.29, 0.717) is 17.1 Å². The van der Waals surface area contributed by atoms with Crippen molar-refractivity contribution in [1.82, 2.24) is 10.2 Å².